The second-order valence-corrected chi connectivity index (χ2v) is 8.94. The third-order valence-electron chi connectivity index (χ3n) is 6.53. The zero-order valence-corrected chi connectivity index (χ0v) is 18.3. The van der Waals surface area contributed by atoms with Gasteiger partial charge in [-0.2, -0.15) is 0 Å². The summed E-state index contributed by atoms with van der Waals surface area (Å²) >= 11 is 0. The van der Waals surface area contributed by atoms with Crippen LogP contribution in [0.1, 0.15) is 32.3 Å². The zero-order chi connectivity index (χ0) is 22.2. The fourth-order valence-corrected chi connectivity index (χ4v) is 4.72. The summed E-state index contributed by atoms with van der Waals surface area (Å²) < 4.78 is 5.30. The molecule has 4 rings (SSSR count). The molecule has 31 heavy (non-hydrogen) atoms. The second-order valence-electron chi connectivity index (χ2n) is 8.94. The van der Waals surface area contributed by atoms with E-state index in [0.29, 0.717) is 38.9 Å². The number of methoxy groups -OCH3 is 1. The Kier molecular flexibility index (Phi) is 5.64. The van der Waals surface area contributed by atoms with Gasteiger partial charge in [0.15, 0.2) is 0 Å². The van der Waals surface area contributed by atoms with E-state index in [1.165, 1.54) is 0 Å². The molecule has 2 atom stereocenters. The summed E-state index contributed by atoms with van der Waals surface area (Å²) in [5.41, 5.74) is 1.48. The van der Waals surface area contributed by atoms with Gasteiger partial charge in [-0.25, -0.2) is 0 Å². The van der Waals surface area contributed by atoms with Crippen molar-refractivity contribution in [2.75, 3.05) is 26.7 Å². The minimum absolute atomic E-state index is 0.0629. The van der Waals surface area contributed by atoms with Crippen molar-refractivity contribution in [2.24, 2.45) is 11.3 Å². The summed E-state index contributed by atoms with van der Waals surface area (Å²) in [5.74, 6) is 0.473. The van der Waals surface area contributed by atoms with E-state index in [-0.39, 0.29) is 23.6 Å². The van der Waals surface area contributed by atoms with Gasteiger partial charge in [-0.05, 0) is 43.0 Å². The van der Waals surface area contributed by atoms with Crippen LogP contribution < -0.4 is 15.4 Å². The maximum atomic E-state index is 12.7. The van der Waals surface area contributed by atoms with Crippen molar-refractivity contribution in [1.82, 2.24) is 20.5 Å². The number of ether oxygens (including phenoxy) is 1. The number of aromatic nitrogens is 1. The van der Waals surface area contributed by atoms with Crippen LogP contribution in [0.15, 0.2) is 24.4 Å². The van der Waals surface area contributed by atoms with Crippen LogP contribution in [-0.4, -0.2) is 60.4 Å². The normalized spacial score (nSPS) is 23.0. The SMILES string of the molecule is COc1ccc2[nH]cc(CCNC(=O)[C@@H]3C[C@]4(CCN(C(=O)C(C)C)C4)C(=O)N3)c2c1. The number of H-pyrrole nitrogens is 1. The Morgan fingerprint density at radius 1 is 1.35 bits per heavy atom. The summed E-state index contributed by atoms with van der Waals surface area (Å²) in [6, 6.07) is 5.30. The molecule has 3 N–H and O–H groups in total. The van der Waals surface area contributed by atoms with Crippen LogP contribution in [0.25, 0.3) is 10.9 Å². The Hall–Kier alpha value is -3.03. The highest BCUT2D eigenvalue weighted by atomic mass is 16.5. The molecule has 0 saturated carbocycles. The summed E-state index contributed by atoms with van der Waals surface area (Å²) in [5, 5.41) is 6.88. The quantitative estimate of drug-likeness (QED) is 0.653. The van der Waals surface area contributed by atoms with Crippen molar-refractivity contribution in [3.05, 3.63) is 30.0 Å². The first-order valence-electron chi connectivity index (χ1n) is 10.8. The van der Waals surface area contributed by atoms with E-state index < -0.39 is 11.5 Å². The molecule has 0 bridgehead atoms. The third kappa shape index (κ3) is 3.98. The van der Waals surface area contributed by atoms with Crippen LogP contribution in [0, 0.1) is 11.3 Å². The van der Waals surface area contributed by atoms with Gasteiger partial charge in [-0.15, -0.1) is 0 Å². The Labute approximate surface area is 181 Å². The lowest BCUT2D eigenvalue weighted by Gasteiger charge is -2.22. The van der Waals surface area contributed by atoms with Crippen LogP contribution in [-0.2, 0) is 20.8 Å². The number of carbonyl (C=O) groups excluding carboxylic acids is 3. The van der Waals surface area contributed by atoms with Crippen LogP contribution in [0.5, 0.6) is 5.75 Å². The first-order chi connectivity index (χ1) is 14.8. The lowest BCUT2D eigenvalue weighted by atomic mass is 9.84. The number of benzene rings is 1. The molecule has 0 unspecified atom stereocenters. The highest BCUT2D eigenvalue weighted by Gasteiger charge is 2.53. The third-order valence-corrected chi connectivity index (χ3v) is 6.53. The van der Waals surface area contributed by atoms with Gasteiger partial charge in [0, 0.05) is 42.7 Å². The van der Waals surface area contributed by atoms with Crippen molar-refractivity contribution in [3.63, 3.8) is 0 Å². The van der Waals surface area contributed by atoms with E-state index in [4.69, 9.17) is 4.74 Å². The fraction of sp³-hybridized carbons (Fsp3) is 0.522. The van der Waals surface area contributed by atoms with Crippen molar-refractivity contribution >= 4 is 28.6 Å². The number of aromatic amines is 1. The van der Waals surface area contributed by atoms with E-state index >= 15 is 0 Å². The number of hydrogen-bond donors (Lipinski definition) is 3. The van der Waals surface area contributed by atoms with Crippen molar-refractivity contribution in [2.45, 2.75) is 39.2 Å². The first kappa shape index (κ1) is 21.2. The molecule has 1 aromatic heterocycles. The molecule has 2 saturated heterocycles. The Balaban J connectivity index is 1.33. The van der Waals surface area contributed by atoms with Gasteiger partial charge in [0.2, 0.25) is 17.7 Å². The van der Waals surface area contributed by atoms with Crippen LogP contribution in [0.3, 0.4) is 0 Å². The maximum Gasteiger partial charge on any atom is 0.242 e. The van der Waals surface area contributed by atoms with Gasteiger partial charge >= 0.3 is 0 Å². The summed E-state index contributed by atoms with van der Waals surface area (Å²) in [7, 11) is 1.64. The molecule has 2 aliphatic heterocycles. The van der Waals surface area contributed by atoms with Crippen LogP contribution >= 0.6 is 0 Å². The molecule has 8 nitrogen and oxygen atoms in total. The van der Waals surface area contributed by atoms with E-state index in [1.54, 1.807) is 12.0 Å². The van der Waals surface area contributed by atoms with Gasteiger partial charge < -0.3 is 25.3 Å². The van der Waals surface area contributed by atoms with E-state index in [1.807, 2.05) is 38.2 Å². The molecule has 3 amide bonds. The summed E-state index contributed by atoms with van der Waals surface area (Å²) in [6.45, 7) is 5.17. The molecule has 3 heterocycles. The molecule has 1 spiro atoms. The fourth-order valence-electron chi connectivity index (χ4n) is 4.72. The molecule has 8 heteroatoms. The highest BCUT2D eigenvalue weighted by Crippen LogP contribution is 2.40. The van der Waals surface area contributed by atoms with Gasteiger partial charge in [0.1, 0.15) is 11.8 Å². The highest BCUT2D eigenvalue weighted by molar-refractivity contribution is 5.95. The number of rotatable bonds is 6. The standard InChI is InChI=1S/C23H30N4O4/c1-14(2)21(29)27-9-7-23(13-27)11-19(26-22(23)30)20(28)24-8-6-15-12-25-18-5-4-16(31-3)10-17(15)18/h4-5,10,12,14,19,25H,6-9,11,13H2,1-3H3,(H,24,28)(H,26,30)/t19-,23-/m0/s1. The van der Waals surface area contributed by atoms with Crippen LogP contribution in [0.4, 0.5) is 0 Å². The van der Waals surface area contributed by atoms with E-state index in [9.17, 15) is 14.4 Å². The molecule has 0 radical (unpaired) electrons. The molecule has 2 aliphatic rings. The van der Waals surface area contributed by atoms with Gasteiger partial charge in [-0.3, -0.25) is 14.4 Å². The number of carbonyl (C=O) groups is 3. The number of amides is 3. The monoisotopic (exact) mass is 426 g/mol. The molecule has 2 fully saturated rings. The zero-order valence-electron chi connectivity index (χ0n) is 18.3. The van der Waals surface area contributed by atoms with Crippen LogP contribution in [0.2, 0.25) is 0 Å². The largest absolute Gasteiger partial charge is 0.497 e. The molecular weight excluding hydrogens is 396 g/mol. The van der Waals surface area contributed by atoms with Gasteiger partial charge in [0.05, 0.1) is 12.5 Å². The smallest absolute Gasteiger partial charge is 0.242 e. The summed E-state index contributed by atoms with van der Waals surface area (Å²) in [4.78, 5) is 42.7. The lowest BCUT2D eigenvalue weighted by molar-refractivity contribution is -0.134. The van der Waals surface area contributed by atoms with Gasteiger partial charge in [0.25, 0.3) is 0 Å². The number of fused-ring (bicyclic) bond motifs is 1. The second kappa shape index (κ2) is 8.24. The van der Waals surface area contributed by atoms with Crippen molar-refractivity contribution < 1.29 is 19.1 Å². The minimum Gasteiger partial charge on any atom is -0.497 e. The number of hydrogen-bond acceptors (Lipinski definition) is 4. The minimum atomic E-state index is -0.639. The predicted molar refractivity (Wildman–Crippen MR) is 117 cm³/mol. The molecule has 1 aromatic carbocycles. The molecule has 2 aromatic rings. The summed E-state index contributed by atoms with van der Waals surface area (Å²) in [6.07, 6.45) is 3.66. The predicted octanol–water partition coefficient (Wildman–Crippen LogP) is 1.60. The van der Waals surface area contributed by atoms with E-state index in [2.05, 4.69) is 15.6 Å². The van der Waals surface area contributed by atoms with E-state index in [0.717, 1.165) is 22.2 Å². The topological polar surface area (TPSA) is 104 Å². The van der Waals surface area contributed by atoms with Crippen molar-refractivity contribution in [1.29, 1.82) is 0 Å². The van der Waals surface area contributed by atoms with Crippen molar-refractivity contribution in [3.8, 4) is 5.75 Å². The molecule has 166 valence electrons. The number of nitrogens with zero attached hydrogens (tertiary/aromatic N) is 1. The first-order valence-corrected chi connectivity index (χ1v) is 10.8. The average molecular weight is 427 g/mol. The van der Waals surface area contributed by atoms with Gasteiger partial charge in [-0.1, -0.05) is 13.8 Å². The number of nitrogens with one attached hydrogen (secondary N) is 3. The Morgan fingerprint density at radius 3 is 2.90 bits per heavy atom. The molecule has 0 aliphatic carbocycles. The maximum absolute atomic E-state index is 12.7. The average Bonchev–Trinajstić information content (AvgIpc) is 3.45. The number of likely N-dealkylation sites (tertiary alicyclic amines) is 1. The Bertz CT molecular complexity index is 1010. The lowest BCUT2D eigenvalue weighted by Crippen LogP contribution is -2.42. The Morgan fingerprint density at radius 2 is 2.16 bits per heavy atom. The molecular formula is C23H30N4O4.